The molecule has 1 atom stereocenters. The van der Waals surface area contributed by atoms with E-state index < -0.39 is 28.5 Å². The maximum absolute atomic E-state index is 13.6. The molecule has 0 aliphatic heterocycles. The van der Waals surface area contributed by atoms with Crippen LogP contribution in [-0.2, 0) is 26.2 Å². The van der Waals surface area contributed by atoms with Crippen LogP contribution in [0, 0.1) is 3.57 Å². The lowest BCUT2D eigenvalue weighted by Crippen LogP contribution is -2.52. The van der Waals surface area contributed by atoms with Crippen molar-refractivity contribution in [3.05, 3.63) is 57.7 Å². The molecule has 0 saturated heterocycles. The lowest BCUT2D eigenvalue weighted by atomic mass is 10.1. The SMILES string of the molecule is CCCCNC(=O)C(CC)N(Cc1ccc(OC)cc1)C(=O)CN(c1ccc(I)cc1)S(C)(=O)=O. The Hall–Kier alpha value is -2.34. The van der Waals surface area contributed by atoms with Crippen molar-refractivity contribution in [1.29, 1.82) is 0 Å². The van der Waals surface area contributed by atoms with Crippen LogP contribution in [0.1, 0.15) is 38.7 Å². The number of halogens is 1. The number of methoxy groups -OCH3 is 1. The number of hydrogen-bond acceptors (Lipinski definition) is 5. The van der Waals surface area contributed by atoms with E-state index in [1.807, 2.05) is 26.0 Å². The molecule has 0 aliphatic rings. The van der Waals surface area contributed by atoms with Gasteiger partial charge in [-0.15, -0.1) is 0 Å². The molecule has 0 aliphatic carbocycles. The predicted molar refractivity (Wildman–Crippen MR) is 147 cm³/mol. The van der Waals surface area contributed by atoms with Crippen LogP contribution in [0.5, 0.6) is 5.75 Å². The molecular weight excluding hydrogens is 581 g/mol. The van der Waals surface area contributed by atoms with Crippen molar-refractivity contribution in [1.82, 2.24) is 10.2 Å². The van der Waals surface area contributed by atoms with Gasteiger partial charge in [-0.05, 0) is 77.4 Å². The average molecular weight is 616 g/mol. The molecule has 0 radical (unpaired) electrons. The number of benzene rings is 2. The molecule has 10 heteroatoms. The zero-order valence-corrected chi connectivity index (χ0v) is 23.6. The fraction of sp³-hybridized carbons (Fsp3) is 0.440. The molecule has 35 heavy (non-hydrogen) atoms. The standard InChI is InChI=1S/C25H34IN3O5S/c1-5-7-16-27-25(31)23(6-2)28(17-19-8-14-22(34-3)15-9-19)24(30)18-29(35(4,32)33)21-12-10-20(26)11-13-21/h8-15,23H,5-7,16-18H2,1-4H3,(H,27,31). The van der Waals surface area contributed by atoms with Gasteiger partial charge < -0.3 is 15.0 Å². The van der Waals surface area contributed by atoms with Crippen LogP contribution in [0.2, 0.25) is 0 Å². The van der Waals surface area contributed by atoms with Crippen molar-refractivity contribution in [3.8, 4) is 5.75 Å². The van der Waals surface area contributed by atoms with Gasteiger partial charge in [-0.1, -0.05) is 32.4 Å². The zero-order valence-electron chi connectivity index (χ0n) is 20.7. The fourth-order valence-electron chi connectivity index (χ4n) is 3.57. The summed E-state index contributed by atoms with van der Waals surface area (Å²) in [6.07, 6.45) is 3.23. The number of rotatable bonds is 13. The quantitative estimate of drug-likeness (QED) is 0.274. The molecule has 2 aromatic carbocycles. The first-order valence-electron chi connectivity index (χ1n) is 11.5. The number of carbonyl (C=O) groups excluding carboxylic acids is 2. The van der Waals surface area contributed by atoms with Crippen molar-refractivity contribution >= 4 is 50.1 Å². The molecule has 0 spiro atoms. The molecule has 0 aromatic heterocycles. The Labute approximate surface area is 222 Å². The van der Waals surface area contributed by atoms with Crippen molar-refractivity contribution in [2.24, 2.45) is 0 Å². The minimum Gasteiger partial charge on any atom is -0.497 e. The maximum Gasteiger partial charge on any atom is 0.244 e. The highest BCUT2D eigenvalue weighted by Crippen LogP contribution is 2.21. The second kappa shape index (κ2) is 13.7. The molecule has 2 rings (SSSR count). The normalized spacial score (nSPS) is 12.0. The fourth-order valence-corrected chi connectivity index (χ4v) is 4.78. The first kappa shape index (κ1) is 28.9. The van der Waals surface area contributed by atoms with Crippen molar-refractivity contribution < 1.29 is 22.7 Å². The number of nitrogens with zero attached hydrogens (tertiary/aromatic N) is 2. The third kappa shape index (κ3) is 8.68. The number of hydrogen-bond donors (Lipinski definition) is 1. The van der Waals surface area contributed by atoms with Gasteiger partial charge in [-0.2, -0.15) is 0 Å². The molecule has 2 amide bonds. The van der Waals surface area contributed by atoms with Crippen LogP contribution in [-0.4, -0.2) is 57.6 Å². The number of nitrogens with one attached hydrogen (secondary N) is 1. The van der Waals surface area contributed by atoms with Crippen molar-refractivity contribution in [3.63, 3.8) is 0 Å². The van der Waals surface area contributed by atoms with E-state index in [1.54, 1.807) is 43.5 Å². The minimum atomic E-state index is -3.75. The largest absolute Gasteiger partial charge is 0.497 e. The number of ether oxygens (including phenoxy) is 1. The molecule has 1 N–H and O–H groups in total. The van der Waals surface area contributed by atoms with Gasteiger partial charge in [0.15, 0.2) is 0 Å². The van der Waals surface area contributed by atoms with E-state index in [9.17, 15) is 18.0 Å². The monoisotopic (exact) mass is 615 g/mol. The van der Waals surface area contributed by atoms with Crippen LogP contribution in [0.25, 0.3) is 0 Å². The summed E-state index contributed by atoms with van der Waals surface area (Å²) < 4.78 is 32.5. The second-order valence-corrected chi connectivity index (χ2v) is 11.3. The zero-order chi connectivity index (χ0) is 26.0. The summed E-state index contributed by atoms with van der Waals surface area (Å²) in [5.41, 5.74) is 1.20. The first-order valence-corrected chi connectivity index (χ1v) is 14.5. The highest BCUT2D eigenvalue weighted by molar-refractivity contribution is 14.1. The lowest BCUT2D eigenvalue weighted by Gasteiger charge is -2.33. The highest BCUT2D eigenvalue weighted by atomic mass is 127. The minimum absolute atomic E-state index is 0.160. The van der Waals surface area contributed by atoms with E-state index in [0.29, 0.717) is 24.4 Å². The molecule has 8 nitrogen and oxygen atoms in total. The predicted octanol–water partition coefficient (Wildman–Crippen LogP) is 3.79. The number of anilines is 1. The van der Waals surface area contributed by atoms with Crippen LogP contribution >= 0.6 is 22.6 Å². The summed E-state index contributed by atoms with van der Waals surface area (Å²) in [7, 11) is -2.17. The van der Waals surface area contributed by atoms with Gasteiger partial charge in [0, 0.05) is 16.7 Å². The summed E-state index contributed by atoms with van der Waals surface area (Å²) in [6.45, 7) is 4.15. The molecule has 0 heterocycles. The van der Waals surface area contributed by atoms with Crippen LogP contribution < -0.4 is 14.4 Å². The van der Waals surface area contributed by atoms with Gasteiger partial charge in [0.25, 0.3) is 0 Å². The Morgan fingerprint density at radius 1 is 1.06 bits per heavy atom. The Bertz CT molecular complexity index is 1080. The molecule has 1 unspecified atom stereocenters. The highest BCUT2D eigenvalue weighted by Gasteiger charge is 2.31. The molecule has 0 saturated carbocycles. The Balaban J connectivity index is 2.38. The van der Waals surface area contributed by atoms with Crippen LogP contribution in [0.3, 0.4) is 0 Å². The molecule has 0 fully saturated rings. The first-order chi connectivity index (χ1) is 16.6. The van der Waals surface area contributed by atoms with Gasteiger partial charge in [-0.3, -0.25) is 13.9 Å². The van der Waals surface area contributed by atoms with Gasteiger partial charge in [0.2, 0.25) is 21.8 Å². The smallest absolute Gasteiger partial charge is 0.244 e. The third-order valence-corrected chi connectivity index (χ3v) is 7.38. The van der Waals surface area contributed by atoms with E-state index >= 15 is 0 Å². The molecule has 0 bridgehead atoms. The second-order valence-electron chi connectivity index (χ2n) is 8.18. The number of amides is 2. The van der Waals surface area contributed by atoms with E-state index in [0.717, 1.165) is 32.5 Å². The van der Waals surface area contributed by atoms with Gasteiger partial charge >= 0.3 is 0 Å². The number of unbranched alkanes of at least 4 members (excludes halogenated alkanes) is 1. The topological polar surface area (TPSA) is 96.0 Å². The van der Waals surface area contributed by atoms with Gasteiger partial charge in [0.05, 0.1) is 19.1 Å². The summed E-state index contributed by atoms with van der Waals surface area (Å²) in [5, 5.41) is 2.91. The van der Waals surface area contributed by atoms with E-state index in [2.05, 4.69) is 27.9 Å². The number of carbonyl (C=O) groups is 2. The van der Waals surface area contributed by atoms with E-state index in [1.165, 1.54) is 4.90 Å². The van der Waals surface area contributed by atoms with Crippen LogP contribution in [0.4, 0.5) is 5.69 Å². The van der Waals surface area contributed by atoms with Crippen LogP contribution in [0.15, 0.2) is 48.5 Å². The Kier molecular flexibility index (Phi) is 11.3. The summed E-state index contributed by atoms with van der Waals surface area (Å²) in [4.78, 5) is 28.1. The van der Waals surface area contributed by atoms with Crippen molar-refractivity contribution in [2.75, 3.05) is 30.8 Å². The summed E-state index contributed by atoms with van der Waals surface area (Å²) in [6, 6.07) is 13.4. The summed E-state index contributed by atoms with van der Waals surface area (Å²) in [5.74, 6) is -0.0248. The number of sulfonamides is 1. The van der Waals surface area contributed by atoms with Gasteiger partial charge in [-0.25, -0.2) is 8.42 Å². The average Bonchev–Trinajstić information content (AvgIpc) is 2.83. The molecule has 2 aromatic rings. The molecule has 192 valence electrons. The maximum atomic E-state index is 13.6. The van der Waals surface area contributed by atoms with Gasteiger partial charge in [0.1, 0.15) is 18.3 Å². The van der Waals surface area contributed by atoms with E-state index in [4.69, 9.17) is 4.74 Å². The Morgan fingerprint density at radius 2 is 1.69 bits per heavy atom. The summed E-state index contributed by atoms with van der Waals surface area (Å²) >= 11 is 2.13. The molecular formula is C25H34IN3O5S. The third-order valence-electron chi connectivity index (χ3n) is 5.52. The van der Waals surface area contributed by atoms with Crippen molar-refractivity contribution in [2.45, 2.75) is 45.7 Å². The lowest BCUT2D eigenvalue weighted by molar-refractivity contribution is -0.140. The van der Waals surface area contributed by atoms with E-state index in [-0.39, 0.29) is 12.5 Å². The Morgan fingerprint density at radius 3 is 2.20 bits per heavy atom.